The predicted octanol–water partition coefficient (Wildman–Crippen LogP) is 3.90. The lowest BCUT2D eigenvalue weighted by atomic mass is 10.1. The SMILES string of the molecule is COc1cc(CCNS(=O)(=O)c2cc(C(F)(F)F)ccc2Cl)cc(OC)c1. The zero-order chi connectivity index (χ0) is 20.2. The van der Waals surface area contributed by atoms with Crippen LogP contribution in [0.25, 0.3) is 0 Å². The van der Waals surface area contributed by atoms with Crippen LogP contribution in [0.1, 0.15) is 11.1 Å². The van der Waals surface area contributed by atoms with Crippen molar-refractivity contribution in [3.63, 3.8) is 0 Å². The van der Waals surface area contributed by atoms with Crippen LogP contribution >= 0.6 is 11.6 Å². The molecule has 5 nitrogen and oxygen atoms in total. The first-order chi connectivity index (χ1) is 12.6. The number of methoxy groups -OCH3 is 2. The number of halogens is 4. The normalized spacial score (nSPS) is 12.1. The monoisotopic (exact) mass is 423 g/mol. The second kappa shape index (κ2) is 8.37. The fraction of sp³-hybridized carbons (Fsp3) is 0.294. The molecule has 0 fully saturated rings. The highest BCUT2D eigenvalue weighted by Crippen LogP contribution is 2.33. The van der Waals surface area contributed by atoms with Gasteiger partial charge in [0.1, 0.15) is 16.4 Å². The zero-order valence-electron chi connectivity index (χ0n) is 14.4. The Bertz CT molecular complexity index is 895. The van der Waals surface area contributed by atoms with Crippen LogP contribution in [-0.4, -0.2) is 29.2 Å². The molecule has 0 aliphatic heterocycles. The lowest BCUT2D eigenvalue weighted by Gasteiger charge is -2.12. The Balaban J connectivity index is 2.16. The largest absolute Gasteiger partial charge is 0.497 e. The van der Waals surface area contributed by atoms with Crippen LogP contribution in [-0.2, 0) is 22.6 Å². The van der Waals surface area contributed by atoms with Gasteiger partial charge in [-0.1, -0.05) is 11.6 Å². The summed E-state index contributed by atoms with van der Waals surface area (Å²) in [7, 11) is -1.25. The third-order valence-electron chi connectivity index (χ3n) is 3.67. The van der Waals surface area contributed by atoms with Crippen molar-refractivity contribution in [3.05, 3.63) is 52.5 Å². The number of sulfonamides is 1. The fourth-order valence-electron chi connectivity index (χ4n) is 2.30. The molecule has 2 aromatic rings. The maximum Gasteiger partial charge on any atom is 0.416 e. The summed E-state index contributed by atoms with van der Waals surface area (Å²) in [5.41, 5.74) is -0.367. The van der Waals surface area contributed by atoms with Crippen LogP contribution < -0.4 is 14.2 Å². The van der Waals surface area contributed by atoms with Crippen molar-refractivity contribution < 1.29 is 31.1 Å². The maximum atomic E-state index is 12.8. The molecular weight excluding hydrogens is 407 g/mol. The molecule has 0 radical (unpaired) electrons. The molecule has 2 aromatic carbocycles. The summed E-state index contributed by atoms with van der Waals surface area (Å²) >= 11 is 5.79. The number of ether oxygens (including phenoxy) is 2. The van der Waals surface area contributed by atoms with E-state index in [0.717, 1.165) is 17.7 Å². The Kier molecular flexibility index (Phi) is 6.61. The van der Waals surface area contributed by atoms with E-state index in [9.17, 15) is 21.6 Å². The van der Waals surface area contributed by atoms with Crippen molar-refractivity contribution in [3.8, 4) is 11.5 Å². The third-order valence-corrected chi connectivity index (χ3v) is 5.61. The van der Waals surface area contributed by atoms with Crippen molar-refractivity contribution in [2.75, 3.05) is 20.8 Å². The Hall–Kier alpha value is -1.97. The van der Waals surface area contributed by atoms with Crippen LogP contribution in [0.5, 0.6) is 11.5 Å². The Labute approximate surface area is 160 Å². The molecule has 0 spiro atoms. The second-order valence-corrected chi connectivity index (χ2v) is 7.65. The van der Waals surface area contributed by atoms with Gasteiger partial charge < -0.3 is 9.47 Å². The van der Waals surface area contributed by atoms with Gasteiger partial charge in [0.2, 0.25) is 10.0 Å². The van der Waals surface area contributed by atoms with E-state index in [1.54, 1.807) is 18.2 Å². The standard InChI is InChI=1S/C17H17ClF3NO4S/c1-25-13-7-11(8-14(10-13)26-2)5-6-22-27(23,24)16-9-12(17(19,20)21)3-4-15(16)18/h3-4,7-10,22H,5-6H2,1-2H3. The molecule has 0 aliphatic carbocycles. The van der Waals surface area contributed by atoms with Gasteiger partial charge in [-0.05, 0) is 42.3 Å². The summed E-state index contributed by atoms with van der Waals surface area (Å²) in [4.78, 5) is -0.623. The number of hydrogen-bond acceptors (Lipinski definition) is 4. The Morgan fingerprint density at radius 1 is 1.04 bits per heavy atom. The minimum absolute atomic E-state index is 0.0504. The van der Waals surface area contributed by atoms with Crippen molar-refractivity contribution >= 4 is 21.6 Å². The number of nitrogens with one attached hydrogen (secondary N) is 1. The average Bonchev–Trinajstić information content (AvgIpc) is 2.60. The molecule has 10 heteroatoms. The average molecular weight is 424 g/mol. The minimum Gasteiger partial charge on any atom is -0.497 e. The van der Waals surface area contributed by atoms with Crippen molar-refractivity contribution in [1.82, 2.24) is 4.72 Å². The summed E-state index contributed by atoms with van der Waals surface area (Å²) in [6.07, 6.45) is -4.41. The molecule has 0 unspecified atom stereocenters. The molecule has 0 saturated heterocycles. The van der Waals surface area contributed by atoms with Crippen molar-refractivity contribution in [2.24, 2.45) is 0 Å². The van der Waals surface area contributed by atoms with E-state index in [4.69, 9.17) is 21.1 Å². The lowest BCUT2D eigenvalue weighted by molar-refractivity contribution is -0.137. The molecule has 1 N–H and O–H groups in total. The van der Waals surface area contributed by atoms with E-state index >= 15 is 0 Å². The summed E-state index contributed by atoms with van der Waals surface area (Å²) < 4.78 is 75.7. The Morgan fingerprint density at radius 3 is 2.15 bits per heavy atom. The molecule has 0 aliphatic rings. The fourth-order valence-corrected chi connectivity index (χ4v) is 3.86. The number of hydrogen-bond donors (Lipinski definition) is 1. The molecule has 2 rings (SSSR count). The van der Waals surface area contributed by atoms with E-state index < -0.39 is 26.7 Å². The summed E-state index contributed by atoms with van der Waals surface area (Å²) in [6, 6.07) is 7.22. The van der Waals surface area contributed by atoms with Gasteiger partial charge in [-0.15, -0.1) is 0 Å². The predicted molar refractivity (Wildman–Crippen MR) is 94.9 cm³/mol. The molecule has 0 saturated carbocycles. The van der Waals surface area contributed by atoms with E-state index in [2.05, 4.69) is 4.72 Å². The molecule has 0 atom stereocenters. The highest BCUT2D eigenvalue weighted by atomic mass is 35.5. The third kappa shape index (κ3) is 5.50. The summed E-state index contributed by atoms with van der Waals surface area (Å²) in [5.74, 6) is 1.07. The van der Waals surface area contributed by atoms with Gasteiger partial charge in [0.25, 0.3) is 0 Å². The van der Waals surface area contributed by atoms with Crippen LogP contribution in [0.2, 0.25) is 5.02 Å². The van der Waals surface area contributed by atoms with Crippen molar-refractivity contribution in [2.45, 2.75) is 17.5 Å². The molecule has 0 amide bonds. The molecule has 148 valence electrons. The van der Waals surface area contributed by atoms with Crippen LogP contribution in [0.15, 0.2) is 41.3 Å². The Morgan fingerprint density at radius 2 is 1.63 bits per heavy atom. The number of alkyl halides is 3. The van der Waals surface area contributed by atoms with Crippen LogP contribution in [0.4, 0.5) is 13.2 Å². The topological polar surface area (TPSA) is 64.6 Å². The van der Waals surface area contributed by atoms with Gasteiger partial charge in [0.15, 0.2) is 0 Å². The minimum atomic E-state index is -4.67. The summed E-state index contributed by atoms with van der Waals surface area (Å²) in [5, 5.41) is -0.293. The van der Waals surface area contributed by atoms with E-state index in [1.807, 2.05) is 0 Å². The maximum absolute atomic E-state index is 12.8. The van der Waals surface area contributed by atoms with Crippen molar-refractivity contribution in [1.29, 1.82) is 0 Å². The van der Waals surface area contributed by atoms with Gasteiger partial charge in [0, 0.05) is 12.6 Å². The van der Waals surface area contributed by atoms with Gasteiger partial charge in [0.05, 0.1) is 24.8 Å². The van der Waals surface area contributed by atoms with Gasteiger partial charge in [-0.2, -0.15) is 13.2 Å². The summed E-state index contributed by atoms with van der Waals surface area (Å²) in [6.45, 7) is -0.0504. The quantitative estimate of drug-likeness (QED) is 0.733. The first-order valence-electron chi connectivity index (χ1n) is 7.65. The molecular formula is C17H17ClF3NO4S. The van der Waals surface area contributed by atoms with E-state index in [1.165, 1.54) is 14.2 Å². The molecule has 0 heterocycles. The van der Waals surface area contributed by atoms with E-state index in [-0.39, 0.29) is 18.0 Å². The molecule has 0 bridgehead atoms. The van der Waals surface area contributed by atoms with Crippen LogP contribution in [0.3, 0.4) is 0 Å². The van der Waals surface area contributed by atoms with Gasteiger partial charge >= 0.3 is 6.18 Å². The number of rotatable bonds is 7. The number of benzene rings is 2. The smallest absolute Gasteiger partial charge is 0.416 e. The molecule has 0 aromatic heterocycles. The lowest BCUT2D eigenvalue weighted by Crippen LogP contribution is -2.26. The van der Waals surface area contributed by atoms with Crippen LogP contribution in [0, 0.1) is 0 Å². The zero-order valence-corrected chi connectivity index (χ0v) is 16.0. The first-order valence-corrected chi connectivity index (χ1v) is 9.51. The highest BCUT2D eigenvalue weighted by Gasteiger charge is 2.32. The first kappa shape index (κ1) is 21.3. The molecule has 27 heavy (non-hydrogen) atoms. The second-order valence-electron chi connectivity index (χ2n) is 5.51. The van der Waals surface area contributed by atoms with E-state index in [0.29, 0.717) is 17.6 Å². The van der Waals surface area contributed by atoms with Gasteiger partial charge in [-0.25, -0.2) is 13.1 Å². The van der Waals surface area contributed by atoms with Gasteiger partial charge in [-0.3, -0.25) is 0 Å². The highest BCUT2D eigenvalue weighted by molar-refractivity contribution is 7.89.